The maximum absolute atomic E-state index is 12.1. The number of hydrogen-bond donors (Lipinski definition) is 2. The molecule has 6 heteroatoms. The predicted octanol–water partition coefficient (Wildman–Crippen LogP) is 2.30. The van der Waals surface area contributed by atoms with Gasteiger partial charge in [0, 0.05) is 12.6 Å². The number of aromatic carboxylic acids is 1. The maximum Gasteiger partial charge on any atom is 0.335 e. The Kier molecular flexibility index (Phi) is 6.39. The molecular weight excluding hydrogens is 322 g/mol. The van der Waals surface area contributed by atoms with Crippen molar-refractivity contribution in [2.45, 2.75) is 12.8 Å². The topological polar surface area (TPSA) is 84.9 Å². The second kappa shape index (κ2) is 8.73. The zero-order valence-corrected chi connectivity index (χ0v) is 14.2. The van der Waals surface area contributed by atoms with Crippen molar-refractivity contribution in [3.8, 4) is 11.5 Å². The molecule has 0 atom stereocenters. The van der Waals surface area contributed by atoms with E-state index in [0.29, 0.717) is 30.0 Å². The van der Waals surface area contributed by atoms with Crippen LogP contribution in [0.15, 0.2) is 42.5 Å². The largest absolute Gasteiger partial charge is 0.497 e. The molecule has 1 amide bonds. The molecule has 0 aromatic heterocycles. The molecule has 0 saturated heterocycles. The Morgan fingerprint density at radius 1 is 1.04 bits per heavy atom. The lowest BCUT2D eigenvalue weighted by Gasteiger charge is -2.11. The average molecular weight is 343 g/mol. The molecular formula is C19H21NO5. The third kappa shape index (κ3) is 4.97. The molecule has 0 bridgehead atoms. The van der Waals surface area contributed by atoms with Crippen molar-refractivity contribution in [2.24, 2.45) is 0 Å². The molecule has 0 aliphatic rings. The highest BCUT2D eigenvalue weighted by atomic mass is 16.5. The van der Waals surface area contributed by atoms with Gasteiger partial charge in [0.2, 0.25) is 5.91 Å². The Hall–Kier alpha value is -3.02. The van der Waals surface area contributed by atoms with Crippen LogP contribution in [0.1, 0.15) is 21.5 Å². The van der Waals surface area contributed by atoms with Gasteiger partial charge in [0.25, 0.3) is 0 Å². The van der Waals surface area contributed by atoms with E-state index in [2.05, 4.69) is 5.32 Å². The second-order valence-corrected chi connectivity index (χ2v) is 5.42. The highest BCUT2D eigenvalue weighted by Gasteiger charge is 2.12. The van der Waals surface area contributed by atoms with E-state index in [4.69, 9.17) is 14.6 Å². The molecule has 6 nitrogen and oxygen atoms in total. The first-order chi connectivity index (χ1) is 12.0. The smallest absolute Gasteiger partial charge is 0.335 e. The molecule has 0 radical (unpaired) electrons. The zero-order valence-electron chi connectivity index (χ0n) is 14.2. The molecule has 132 valence electrons. The summed E-state index contributed by atoms with van der Waals surface area (Å²) in [6.45, 7) is 0.427. The van der Waals surface area contributed by atoms with Gasteiger partial charge in [-0.05, 0) is 29.7 Å². The highest BCUT2D eigenvalue weighted by molar-refractivity contribution is 5.91. The summed E-state index contributed by atoms with van der Waals surface area (Å²) in [5, 5.41) is 12.0. The van der Waals surface area contributed by atoms with E-state index < -0.39 is 5.97 Å². The van der Waals surface area contributed by atoms with Crippen LogP contribution in [0.4, 0.5) is 0 Å². The molecule has 2 aromatic rings. The van der Waals surface area contributed by atoms with Gasteiger partial charge in [-0.15, -0.1) is 0 Å². The van der Waals surface area contributed by atoms with Crippen molar-refractivity contribution in [1.29, 1.82) is 0 Å². The fraction of sp³-hybridized carbons (Fsp3) is 0.263. The van der Waals surface area contributed by atoms with Crippen LogP contribution < -0.4 is 14.8 Å². The number of benzene rings is 2. The van der Waals surface area contributed by atoms with Crippen LogP contribution >= 0.6 is 0 Å². The van der Waals surface area contributed by atoms with Crippen LogP contribution in [0.25, 0.3) is 0 Å². The minimum atomic E-state index is -1.04. The van der Waals surface area contributed by atoms with E-state index in [-0.39, 0.29) is 17.9 Å². The van der Waals surface area contributed by atoms with E-state index in [1.807, 2.05) is 12.1 Å². The van der Waals surface area contributed by atoms with Crippen molar-refractivity contribution in [3.63, 3.8) is 0 Å². The number of rotatable bonds is 8. The fourth-order valence-electron chi connectivity index (χ4n) is 2.51. The van der Waals surface area contributed by atoms with Gasteiger partial charge < -0.3 is 19.9 Å². The molecule has 0 saturated carbocycles. The van der Waals surface area contributed by atoms with Gasteiger partial charge in [0.05, 0.1) is 26.2 Å². The number of amides is 1. The van der Waals surface area contributed by atoms with Gasteiger partial charge in [-0.2, -0.15) is 0 Å². The third-order valence-electron chi connectivity index (χ3n) is 3.81. The summed E-state index contributed by atoms with van der Waals surface area (Å²) < 4.78 is 10.5. The number of carboxylic acids is 1. The Morgan fingerprint density at radius 3 is 2.48 bits per heavy atom. The molecule has 0 aliphatic carbocycles. The monoisotopic (exact) mass is 343 g/mol. The van der Waals surface area contributed by atoms with E-state index >= 15 is 0 Å². The van der Waals surface area contributed by atoms with Gasteiger partial charge in [-0.3, -0.25) is 4.79 Å². The van der Waals surface area contributed by atoms with E-state index in [9.17, 15) is 9.59 Å². The van der Waals surface area contributed by atoms with E-state index in [1.54, 1.807) is 38.5 Å². The lowest BCUT2D eigenvalue weighted by Crippen LogP contribution is -2.28. The first kappa shape index (κ1) is 18.3. The molecule has 0 fully saturated rings. The molecule has 0 heterocycles. The fourth-order valence-corrected chi connectivity index (χ4v) is 2.51. The molecule has 0 spiro atoms. The van der Waals surface area contributed by atoms with Crippen molar-refractivity contribution >= 4 is 11.9 Å². The summed E-state index contributed by atoms with van der Waals surface area (Å²) in [5.74, 6) is 0.146. The summed E-state index contributed by atoms with van der Waals surface area (Å²) in [6, 6.07) is 12.0. The number of carboxylic acid groups (broad SMARTS) is 1. The van der Waals surface area contributed by atoms with Gasteiger partial charge in [0.15, 0.2) is 0 Å². The Balaban J connectivity index is 1.92. The highest BCUT2D eigenvalue weighted by Crippen LogP contribution is 2.24. The normalized spacial score (nSPS) is 10.2. The first-order valence-corrected chi connectivity index (χ1v) is 7.84. The number of methoxy groups -OCH3 is 2. The quantitative estimate of drug-likeness (QED) is 0.768. The van der Waals surface area contributed by atoms with Crippen molar-refractivity contribution in [2.75, 3.05) is 20.8 Å². The van der Waals surface area contributed by atoms with Crippen molar-refractivity contribution < 1.29 is 24.2 Å². The lowest BCUT2D eigenvalue weighted by molar-refractivity contribution is -0.120. The van der Waals surface area contributed by atoms with Gasteiger partial charge >= 0.3 is 5.97 Å². The van der Waals surface area contributed by atoms with Crippen LogP contribution in [0.5, 0.6) is 11.5 Å². The molecule has 2 rings (SSSR count). The number of ether oxygens (including phenoxy) is 2. The molecule has 2 N–H and O–H groups in total. The standard InChI is InChI=1S/C19H21NO5/c1-24-15-8-7-13(17(12-15)25-2)9-10-20-18(21)11-14-5-3-4-6-16(14)19(22)23/h3-8,12H,9-11H2,1-2H3,(H,20,21)(H,22,23). The van der Waals surface area contributed by atoms with Crippen LogP contribution in [0, 0.1) is 0 Å². The summed E-state index contributed by atoms with van der Waals surface area (Å²) in [4.78, 5) is 23.2. The van der Waals surface area contributed by atoms with Crippen molar-refractivity contribution in [3.05, 3.63) is 59.2 Å². The van der Waals surface area contributed by atoms with E-state index in [1.165, 1.54) is 6.07 Å². The minimum absolute atomic E-state index is 0.0300. The molecule has 0 unspecified atom stereocenters. The van der Waals surface area contributed by atoms with Crippen LogP contribution in [-0.4, -0.2) is 37.7 Å². The van der Waals surface area contributed by atoms with Crippen LogP contribution in [0.3, 0.4) is 0 Å². The number of carbonyl (C=O) groups is 2. The molecule has 0 aliphatic heterocycles. The zero-order chi connectivity index (χ0) is 18.2. The SMILES string of the molecule is COc1ccc(CCNC(=O)Cc2ccccc2C(=O)O)c(OC)c1. The summed E-state index contributed by atoms with van der Waals surface area (Å²) in [5.41, 5.74) is 1.60. The minimum Gasteiger partial charge on any atom is -0.497 e. The summed E-state index contributed by atoms with van der Waals surface area (Å²) >= 11 is 0. The van der Waals surface area contributed by atoms with Gasteiger partial charge in [-0.25, -0.2) is 4.79 Å². The Morgan fingerprint density at radius 2 is 1.80 bits per heavy atom. The Labute approximate surface area is 146 Å². The Bertz CT molecular complexity index is 757. The average Bonchev–Trinajstić information content (AvgIpc) is 2.62. The van der Waals surface area contributed by atoms with Gasteiger partial charge in [0.1, 0.15) is 11.5 Å². The van der Waals surface area contributed by atoms with Crippen LogP contribution in [0.2, 0.25) is 0 Å². The van der Waals surface area contributed by atoms with Crippen LogP contribution in [-0.2, 0) is 17.6 Å². The third-order valence-corrected chi connectivity index (χ3v) is 3.81. The molecule has 2 aromatic carbocycles. The van der Waals surface area contributed by atoms with Crippen molar-refractivity contribution in [1.82, 2.24) is 5.32 Å². The first-order valence-electron chi connectivity index (χ1n) is 7.84. The van der Waals surface area contributed by atoms with Gasteiger partial charge in [-0.1, -0.05) is 24.3 Å². The summed E-state index contributed by atoms with van der Waals surface area (Å²) in [7, 11) is 3.17. The second-order valence-electron chi connectivity index (χ2n) is 5.42. The number of nitrogens with one attached hydrogen (secondary N) is 1. The lowest BCUT2D eigenvalue weighted by atomic mass is 10.0. The predicted molar refractivity (Wildman–Crippen MR) is 93.4 cm³/mol. The molecule has 25 heavy (non-hydrogen) atoms. The summed E-state index contributed by atoms with van der Waals surface area (Å²) in [6.07, 6.45) is 0.627. The van der Waals surface area contributed by atoms with E-state index in [0.717, 1.165) is 5.56 Å². The number of carbonyl (C=O) groups excluding carboxylic acids is 1. The number of hydrogen-bond acceptors (Lipinski definition) is 4. The maximum atomic E-state index is 12.1.